The second-order valence-corrected chi connectivity index (χ2v) is 5.71. The summed E-state index contributed by atoms with van der Waals surface area (Å²) in [5.74, 6) is -0.104. The van der Waals surface area contributed by atoms with Crippen LogP contribution in [-0.4, -0.2) is 36.2 Å². The Balaban J connectivity index is 1.90. The van der Waals surface area contributed by atoms with Crippen LogP contribution >= 0.6 is 0 Å². The fraction of sp³-hybridized carbons (Fsp3) is 0.316. The Morgan fingerprint density at radius 3 is 2.61 bits per heavy atom. The van der Waals surface area contributed by atoms with Gasteiger partial charge in [0, 0.05) is 13.7 Å². The van der Waals surface area contributed by atoms with Crippen LogP contribution in [0.1, 0.15) is 28.8 Å². The number of rotatable bonds is 4. The van der Waals surface area contributed by atoms with Crippen LogP contribution in [0.15, 0.2) is 54.6 Å². The molecule has 4 nitrogen and oxygen atoms in total. The van der Waals surface area contributed by atoms with E-state index in [4.69, 9.17) is 4.74 Å². The van der Waals surface area contributed by atoms with Gasteiger partial charge in [-0.15, -0.1) is 0 Å². The molecule has 0 saturated carbocycles. The van der Waals surface area contributed by atoms with E-state index in [2.05, 4.69) is 6.07 Å². The van der Waals surface area contributed by atoms with Crippen LogP contribution < -0.4 is 0 Å². The Hall–Kier alpha value is -2.17. The number of methoxy groups -OCH3 is 1. The van der Waals surface area contributed by atoms with Crippen molar-refractivity contribution in [2.45, 2.75) is 18.6 Å². The molecule has 0 aliphatic carbocycles. The first kappa shape index (κ1) is 15.7. The average Bonchev–Trinajstić information content (AvgIpc) is 2.62. The number of aliphatic hydroxyl groups excluding tert-OH is 1. The smallest absolute Gasteiger partial charge is 0.256 e. The lowest BCUT2D eigenvalue weighted by Crippen LogP contribution is -2.44. The minimum absolute atomic E-state index is 0.0893. The van der Waals surface area contributed by atoms with Gasteiger partial charge in [0.1, 0.15) is 0 Å². The molecule has 2 aromatic rings. The lowest BCUT2D eigenvalue weighted by Gasteiger charge is -2.38. The van der Waals surface area contributed by atoms with E-state index in [0.717, 1.165) is 17.5 Å². The van der Waals surface area contributed by atoms with E-state index >= 15 is 0 Å². The predicted molar refractivity (Wildman–Crippen MR) is 87.9 cm³/mol. The second-order valence-electron chi connectivity index (χ2n) is 5.71. The third-order valence-corrected chi connectivity index (χ3v) is 4.43. The highest BCUT2D eigenvalue weighted by molar-refractivity contribution is 5.83. The van der Waals surface area contributed by atoms with E-state index < -0.39 is 6.10 Å². The van der Waals surface area contributed by atoms with Crippen LogP contribution in [0.4, 0.5) is 0 Å². The maximum Gasteiger partial charge on any atom is 0.256 e. The van der Waals surface area contributed by atoms with E-state index in [1.807, 2.05) is 48.5 Å². The molecule has 2 aromatic carbocycles. The number of carbonyl (C=O) groups is 1. The van der Waals surface area contributed by atoms with Crippen molar-refractivity contribution >= 4 is 5.91 Å². The highest BCUT2D eigenvalue weighted by Gasteiger charge is 2.34. The van der Waals surface area contributed by atoms with Crippen LogP contribution in [0.3, 0.4) is 0 Å². The Bertz CT molecular complexity index is 671. The number of carbonyl (C=O) groups excluding carboxylic acids is 1. The molecule has 23 heavy (non-hydrogen) atoms. The number of hydrogen-bond donors (Lipinski definition) is 1. The summed E-state index contributed by atoms with van der Waals surface area (Å²) < 4.78 is 5.46. The van der Waals surface area contributed by atoms with Crippen molar-refractivity contribution in [2.24, 2.45) is 0 Å². The molecule has 0 fully saturated rings. The van der Waals surface area contributed by atoms with Gasteiger partial charge in [-0.25, -0.2) is 0 Å². The molecule has 0 aromatic heterocycles. The third-order valence-electron chi connectivity index (χ3n) is 4.43. The fourth-order valence-corrected chi connectivity index (χ4v) is 3.27. The van der Waals surface area contributed by atoms with Gasteiger partial charge in [0.25, 0.3) is 5.91 Å². The van der Waals surface area contributed by atoms with Gasteiger partial charge in [0.15, 0.2) is 6.10 Å². The van der Waals surface area contributed by atoms with Crippen molar-refractivity contribution in [3.8, 4) is 0 Å². The first-order valence-electron chi connectivity index (χ1n) is 7.83. The number of aliphatic hydroxyl groups is 1. The van der Waals surface area contributed by atoms with Crippen LogP contribution in [0.25, 0.3) is 0 Å². The van der Waals surface area contributed by atoms with Crippen LogP contribution in [0.2, 0.25) is 0 Å². The van der Waals surface area contributed by atoms with Crippen molar-refractivity contribution in [1.82, 2.24) is 4.90 Å². The molecule has 1 N–H and O–H groups in total. The molecule has 1 heterocycles. The van der Waals surface area contributed by atoms with Crippen molar-refractivity contribution in [2.75, 3.05) is 20.3 Å². The normalized spacial score (nSPS) is 18.3. The molecule has 0 radical (unpaired) electrons. The molecule has 0 bridgehead atoms. The molecule has 1 aliphatic rings. The number of ether oxygens (including phenoxy) is 1. The van der Waals surface area contributed by atoms with Crippen molar-refractivity contribution < 1.29 is 14.6 Å². The first-order valence-corrected chi connectivity index (χ1v) is 7.83. The highest BCUT2D eigenvalue weighted by Crippen LogP contribution is 2.32. The highest BCUT2D eigenvalue weighted by atomic mass is 16.5. The average molecular weight is 311 g/mol. The lowest BCUT2D eigenvalue weighted by atomic mass is 9.92. The summed E-state index contributed by atoms with van der Waals surface area (Å²) in [6.45, 7) is 0.502. The second kappa shape index (κ2) is 6.94. The standard InChI is InChI=1S/C19H21NO3/c1-23-18(15-8-3-2-4-9-15)19(22)20-12-11-14-7-5-6-10-16(14)17(20)13-21/h2-10,17-18,21H,11-13H2,1H3. The monoisotopic (exact) mass is 311 g/mol. The molecule has 3 rings (SSSR count). The van der Waals surface area contributed by atoms with Gasteiger partial charge in [-0.3, -0.25) is 4.79 Å². The molecular weight excluding hydrogens is 290 g/mol. The van der Waals surface area contributed by atoms with Crippen molar-refractivity contribution in [3.05, 3.63) is 71.3 Å². The largest absolute Gasteiger partial charge is 0.394 e. The van der Waals surface area contributed by atoms with Gasteiger partial charge in [0.05, 0.1) is 12.6 Å². The maximum atomic E-state index is 13.0. The third kappa shape index (κ3) is 3.00. The molecule has 4 heteroatoms. The predicted octanol–water partition coefficient (Wildman–Crippen LogP) is 2.49. The van der Waals surface area contributed by atoms with E-state index in [-0.39, 0.29) is 18.6 Å². The number of benzene rings is 2. The summed E-state index contributed by atoms with van der Waals surface area (Å²) >= 11 is 0. The topological polar surface area (TPSA) is 49.8 Å². The fourth-order valence-electron chi connectivity index (χ4n) is 3.27. The zero-order chi connectivity index (χ0) is 16.2. The Labute approximate surface area is 136 Å². The summed E-state index contributed by atoms with van der Waals surface area (Å²) in [5, 5.41) is 9.85. The Kier molecular flexibility index (Phi) is 4.74. The van der Waals surface area contributed by atoms with E-state index in [1.54, 1.807) is 12.0 Å². The summed E-state index contributed by atoms with van der Waals surface area (Å²) in [4.78, 5) is 14.7. The van der Waals surface area contributed by atoms with Gasteiger partial charge in [0.2, 0.25) is 0 Å². The molecule has 1 amide bonds. The molecule has 2 unspecified atom stereocenters. The van der Waals surface area contributed by atoms with Crippen molar-refractivity contribution in [1.29, 1.82) is 0 Å². The minimum atomic E-state index is -0.643. The quantitative estimate of drug-likeness (QED) is 0.944. The van der Waals surface area contributed by atoms with E-state index in [0.29, 0.717) is 6.54 Å². The molecule has 120 valence electrons. The Morgan fingerprint density at radius 1 is 1.22 bits per heavy atom. The van der Waals surface area contributed by atoms with Gasteiger partial charge in [-0.2, -0.15) is 0 Å². The SMILES string of the molecule is COC(C(=O)N1CCc2ccccc2C1CO)c1ccccc1. The molecule has 0 spiro atoms. The molecule has 0 saturated heterocycles. The lowest BCUT2D eigenvalue weighted by molar-refractivity contribution is -0.146. The molecule has 1 aliphatic heterocycles. The van der Waals surface area contributed by atoms with Crippen LogP contribution in [-0.2, 0) is 16.0 Å². The van der Waals surface area contributed by atoms with Gasteiger partial charge in [-0.1, -0.05) is 54.6 Å². The zero-order valence-electron chi connectivity index (χ0n) is 13.2. The van der Waals surface area contributed by atoms with Gasteiger partial charge < -0.3 is 14.7 Å². The van der Waals surface area contributed by atoms with Crippen molar-refractivity contribution in [3.63, 3.8) is 0 Å². The van der Waals surface area contributed by atoms with Crippen LogP contribution in [0.5, 0.6) is 0 Å². The molecular formula is C19H21NO3. The maximum absolute atomic E-state index is 13.0. The van der Waals surface area contributed by atoms with Crippen LogP contribution in [0, 0.1) is 0 Å². The van der Waals surface area contributed by atoms with E-state index in [1.165, 1.54) is 5.56 Å². The van der Waals surface area contributed by atoms with E-state index in [9.17, 15) is 9.90 Å². The zero-order valence-corrected chi connectivity index (χ0v) is 13.2. The van der Waals surface area contributed by atoms with Gasteiger partial charge in [-0.05, 0) is 23.1 Å². The number of amides is 1. The molecule has 2 atom stereocenters. The Morgan fingerprint density at radius 2 is 1.91 bits per heavy atom. The summed E-state index contributed by atoms with van der Waals surface area (Å²) in [6, 6.07) is 17.1. The number of hydrogen-bond acceptors (Lipinski definition) is 3. The number of fused-ring (bicyclic) bond motifs is 1. The minimum Gasteiger partial charge on any atom is -0.394 e. The summed E-state index contributed by atoms with van der Waals surface area (Å²) in [7, 11) is 1.54. The summed E-state index contributed by atoms with van der Waals surface area (Å²) in [6.07, 6.45) is 0.152. The first-order chi connectivity index (χ1) is 11.3. The summed E-state index contributed by atoms with van der Waals surface area (Å²) in [5.41, 5.74) is 3.05. The number of nitrogens with zero attached hydrogens (tertiary/aromatic N) is 1. The van der Waals surface area contributed by atoms with Gasteiger partial charge >= 0.3 is 0 Å².